The number of carboxylic acid groups (broad SMARTS) is 1. The SMILES string of the molecule is CC1(C)C[C@H](Nc2cccc(-c3sc(C(N)=O)c(CCC(=O)O)c3Cl)c2)CCN1S(=O)(=O)Cc1ccc(F)c(NC(=O)C2CN(C(=O)CNc3cccc4c3CN(C3CCC(O)NC3=O)C4O)C2)c1. The summed E-state index contributed by atoms with van der Waals surface area (Å²) in [5.41, 5.74) is 8.67. The molecule has 0 spiro atoms. The summed E-state index contributed by atoms with van der Waals surface area (Å²) >= 11 is 7.78. The quantitative estimate of drug-likeness (QED) is 0.0774. The molecule has 4 aliphatic rings. The number of halogens is 2. The lowest BCUT2D eigenvalue weighted by Crippen LogP contribution is -2.55. The van der Waals surface area contributed by atoms with Gasteiger partial charge in [0.15, 0.2) is 0 Å². The van der Waals surface area contributed by atoms with Gasteiger partial charge in [0.2, 0.25) is 27.7 Å². The van der Waals surface area contributed by atoms with Gasteiger partial charge in [-0.05, 0) is 98.5 Å². The van der Waals surface area contributed by atoms with Gasteiger partial charge in [-0.15, -0.1) is 11.3 Å². The number of rotatable bonds is 16. The van der Waals surface area contributed by atoms with E-state index in [4.69, 9.17) is 17.3 Å². The van der Waals surface area contributed by atoms with Gasteiger partial charge in [0, 0.05) is 61.1 Å². The van der Waals surface area contributed by atoms with Gasteiger partial charge < -0.3 is 47.2 Å². The highest BCUT2D eigenvalue weighted by Gasteiger charge is 2.43. The Labute approximate surface area is 407 Å². The van der Waals surface area contributed by atoms with E-state index in [9.17, 15) is 47.7 Å². The first-order valence-electron chi connectivity index (χ1n) is 22.5. The molecular formula is C47H54ClFN8O10S2. The van der Waals surface area contributed by atoms with Crippen molar-refractivity contribution in [3.63, 3.8) is 0 Å². The monoisotopic (exact) mass is 1010 g/mol. The lowest BCUT2D eigenvalue weighted by atomic mass is 9.89. The summed E-state index contributed by atoms with van der Waals surface area (Å²) in [4.78, 5) is 66.4. The number of aliphatic carboxylic acids is 1. The number of amides is 4. The molecule has 4 atom stereocenters. The Balaban J connectivity index is 0.828. The second-order valence-corrected chi connectivity index (χ2v) is 21.8. The molecule has 4 amide bonds. The molecule has 5 heterocycles. The zero-order valence-corrected chi connectivity index (χ0v) is 40.2. The van der Waals surface area contributed by atoms with Crippen LogP contribution >= 0.6 is 22.9 Å². The van der Waals surface area contributed by atoms with Gasteiger partial charge in [0.25, 0.3) is 5.91 Å². The zero-order chi connectivity index (χ0) is 49.5. The van der Waals surface area contributed by atoms with Gasteiger partial charge in [-0.2, -0.15) is 4.31 Å². The van der Waals surface area contributed by atoms with Crippen molar-refractivity contribution in [2.45, 2.75) is 94.7 Å². The third kappa shape index (κ3) is 10.7. The van der Waals surface area contributed by atoms with Crippen LogP contribution in [0.1, 0.15) is 84.1 Å². The Bertz CT molecular complexity index is 2810. The topological polar surface area (TPSA) is 264 Å². The molecule has 18 nitrogen and oxygen atoms in total. The number of benzene rings is 3. The number of carbonyl (C=O) groups excluding carboxylic acids is 4. The van der Waals surface area contributed by atoms with Crippen molar-refractivity contribution in [2.24, 2.45) is 11.7 Å². The van der Waals surface area contributed by atoms with Crippen LogP contribution in [0.2, 0.25) is 5.02 Å². The summed E-state index contributed by atoms with van der Waals surface area (Å²) in [7, 11) is -3.94. The van der Waals surface area contributed by atoms with E-state index in [-0.39, 0.29) is 84.6 Å². The minimum atomic E-state index is -3.94. The normalized spacial score (nSPS) is 21.8. The average molecular weight is 1010 g/mol. The molecule has 4 aliphatic heterocycles. The van der Waals surface area contributed by atoms with Crippen LogP contribution < -0.4 is 27.0 Å². The van der Waals surface area contributed by atoms with Gasteiger partial charge in [0.1, 0.15) is 18.3 Å². The molecule has 0 saturated carbocycles. The zero-order valence-electron chi connectivity index (χ0n) is 37.8. The molecule has 3 aromatic carbocycles. The van der Waals surface area contributed by atoms with E-state index in [0.717, 1.165) is 28.7 Å². The Kier molecular flexibility index (Phi) is 14.4. The van der Waals surface area contributed by atoms with Crippen molar-refractivity contribution in [2.75, 3.05) is 42.1 Å². The van der Waals surface area contributed by atoms with E-state index < -0.39 is 69.3 Å². The van der Waals surface area contributed by atoms with Gasteiger partial charge in [0.05, 0.1) is 44.7 Å². The molecule has 22 heteroatoms. The van der Waals surface area contributed by atoms with Gasteiger partial charge in [-0.1, -0.05) is 41.9 Å². The van der Waals surface area contributed by atoms with E-state index in [1.807, 2.05) is 38.1 Å². The lowest BCUT2D eigenvalue weighted by Gasteiger charge is -2.45. The number of thiophene rings is 1. The first kappa shape index (κ1) is 49.7. The highest BCUT2D eigenvalue weighted by Crippen LogP contribution is 2.43. The van der Waals surface area contributed by atoms with Crippen molar-refractivity contribution in [3.05, 3.63) is 98.6 Å². The molecule has 0 radical (unpaired) electrons. The van der Waals surface area contributed by atoms with E-state index in [2.05, 4.69) is 21.3 Å². The predicted octanol–water partition coefficient (Wildman–Crippen LogP) is 4.42. The van der Waals surface area contributed by atoms with Crippen LogP contribution in [0.5, 0.6) is 0 Å². The standard InChI is InChI=1S/C47H54ClFN8O10S2/c1-47(2)19-29(52-28-6-3-5-26(18-28)41-40(48)31(10-14-39(60)61)42(68-41)43(50)62)15-16-57(47)69(66,67)24-25-9-11-33(49)35(17-25)53-44(63)27-21-55(22-27)38(59)20-51-34-8-4-7-30-32(34)23-56(46(30)65)36-12-13-37(58)54-45(36)64/h3-9,11,17-18,27,29,36-37,46,51-52,58,65H,10,12-16,19-24H2,1-2H3,(H2,50,62)(H,53,63)(H,54,64)(H,60,61)/t29-,36?,37?,46?/m1/s1. The largest absolute Gasteiger partial charge is 0.481 e. The molecule has 8 rings (SSSR count). The average Bonchev–Trinajstić information content (AvgIpc) is 3.78. The fourth-order valence-corrected chi connectivity index (χ4v) is 13.2. The van der Waals surface area contributed by atoms with E-state index in [0.29, 0.717) is 52.9 Å². The van der Waals surface area contributed by atoms with Gasteiger partial charge >= 0.3 is 5.97 Å². The molecule has 69 heavy (non-hydrogen) atoms. The van der Waals surface area contributed by atoms with Crippen LogP contribution in [0.4, 0.5) is 21.5 Å². The maximum Gasteiger partial charge on any atom is 0.303 e. The van der Waals surface area contributed by atoms with Crippen molar-refractivity contribution in [1.82, 2.24) is 19.4 Å². The van der Waals surface area contributed by atoms with Crippen LogP contribution in [0.3, 0.4) is 0 Å². The smallest absolute Gasteiger partial charge is 0.303 e. The molecule has 9 N–H and O–H groups in total. The molecule has 0 bridgehead atoms. The summed E-state index contributed by atoms with van der Waals surface area (Å²) in [5.74, 6) is -4.71. The molecule has 3 fully saturated rings. The van der Waals surface area contributed by atoms with Crippen LogP contribution in [0.15, 0.2) is 60.7 Å². The molecule has 3 unspecified atom stereocenters. The highest BCUT2D eigenvalue weighted by atomic mass is 35.5. The number of anilines is 3. The van der Waals surface area contributed by atoms with Crippen LogP contribution in [0.25, 0.3) is 10.4 Å². The molecular weight excluding hydrogens is 955 g/mol. The summed E-state index contributed by atoms with van der Waals surface area (Å²) in [6, 6.07) is 15.7. The molecule has 1 aromatic heterocycles. The first-order valence-corrected chi connectivity index (χ1v) is 25.3. The number of aliphatic hydroxyl groups is 2. The fraction of sp³-hybridized carbons (Fsp3) is 0.426. The maximum atomic E-state index is 15.1. The third-order valence-corrected chi connectivity index (χ3v) is 17.1. The number of nitrogens with zero attached hydrogens (tertiary/aromatic N) is 3. The Hall–Kier alpha value is -5.68. The van der Waals surface area contributed by atoms with Crippen LogP contribution in [-0.2, 0) is 47.9 Å². The number of hydrogen-bond donors (Lipinski definition) is 8. The number of carboxylic acids is 1. The minimum Gasteiger partial charge on any atom is -0.481 e. The number of nitrogens with one attached hydrogen (secondary N) is 4. The molecule has 4 aromatic rings. The van der Waals surface area contributed by atoms with Crippen LogP contribution in [0, 0.1) is 11.7 Å². The lowest BCUT2D eigenvalue weighted by molar-refractivity contribution is -0.140. The Morgan fingerprint density at radius 3 is 2.48 bits per heavy atom. The van der Waals surface area contributed by atoms with E-state index in [1.165, 1.54) is 21.3 Å². The number of primary amides is 1. The molecule has 368 valence electrons. The maximum absolute atomic E-state index is 15.1. The summed E-state index contributed by atoms with van der Waals surface area (Å²) < 4.78 is 44.5. The van der Waals surface area contributed by atoms with Crippen molar-refractivity contribution in [1.29, 1.82) is 0 Å². The summed E-state index contributed by atoms with van der Waals surface area (Å²) in [6.07, 6.45) is -0.490. The van der Waals surface area contributed by atoms with Gasteiger partial charge in [-0.25, -0.2) is 12.8 Å². The minimum absolute atomic E-state index is 0.0495. The number of aliphatic hydroxyl groups excluding tert-OH is 2. The first-order chi connectivity index (χ1) is 32.7. The van der Waals surface area contributed by atoms with Crippen molar-refractivity contribution in [3.8, 4) is 10.4 Å². The number of carbonyl (C=O) groups is 5. The Morgan fingerprint density at radius 2 is 1.77 bits per heavy atom. The predicted molar refractivity (Wildman–Crippen MR) is 257 cm³/mol. The van der Waals surface area contributed by atoms with E-state index >= 15 is 4.39 Å². The third-order valence-electron chi connectivity index (χ3n) is 13.2. The van der Waals surface area contributed by atoms with E-state index in [1.54, 1.807) is 23.1 Å². The summed E-state index contributed by atoms with van der Waals surface area (Å²) in [5, 5.41) is 42.0. The number of piperidine rings is 2. The number of fused-ring (bicyclic) bond motifs is 1. The number of hydrogen-bond acceptors (Lipinski definition) is 13. The highest BCUT2D eigenvalue weighted by molar-refractivity contribution is 7.88. The van der Waals surface area contributed by atoms with Gasteiger partial charge in [-0.3, -0.25) is 28.9 Å². The van der Waals surface area contributed by atoms with Crippen molar-refractivity contribution >= 4 is 79.6 Å². The number of sulfonamides is 1. The van der Waals surface area contributed by atoms with Crippen molar-refractivity contribution < 1.29 is 52.1 Å². The Morgan fingerprint density at radius 1 is 1.01 bits per heavy atom. The number of nitrogens with two attached hydrogens (primary N) is 1. The molecule has 0 aliphatic carbocycles. The van der Waals surface area contributed by atoms with Crippen LogP contribution in [-0.4, -0.2) is 117 Å². The second-order valence-electron chi connectivity index (χ2n) is 18.6. The fourth-order valence-electron chi connectivity index (χ4n) is 9.72. The number of likely N-dealkylation sites (tertiary alicyclic amines) is 1. The second kappa shape index (κ2) is 20.0. The summed E-state index contributed by atoms with van der Waals surface area (Å²) in [6.45, 7) is 4.20. The molecule has 3 saturated heterocycles.